The van der Waals surface area contributed by atoms with Crippen LogP contribution in [0, 0.1) is 11.5 Å². The summed E-state index contributed by atoms with van der Waals surface area (Å²) in [5, 5.41) is 13.0. The van der Waals surface area contributed by atoms with Crippen molar-refractivity contribution in [3.63, 3.8) is 0 Å². The summed E-state index contributed by atoms with van der Waals surface area (Å²) in [4.78, 5) is 22.4. The first-order chi connectivity index (χ1) is 17.4. The smallest absolute Gasteiger partial charge is 0.247 e. The summed E-state index contributed by atoms with van der Waals surface area (Å²) in [7, 11) is 0. The van der Waals surface area contributed by atoms with E-state index in [0.717, 1.165) is 49.9 Å². The normalized spacial score (nSPS) is 19.5. The lowest BCUT2D eigenvalue weighted by molar-refractivity contribution is -0.123. The molecule has 0 bridgehead atoms. The maximum Gasteiger partial charge on any atom is 0.247 e. The van der Waals surface area contributed by atoms with Crippen molar-refractivity contribution in [3.8, 4) is 6.19 Å². The van der Waals surface area contributed by atoms with Crippen LogP contribution in [-0.4, -0.2) is 41.0 Å². The topological polar surface area (TPSA) is 72.3 Å². The number of carbonyl (C=O) groups is 1. The molecule has 1 N–H and O–H groups in total. The van der Waals surface area contributed by atoms with Crippen LogP contribution in [-0.2, 0) is 10.2 Å². The highest BCUT2D eigenvalue weighted by Gasteiger charge is 2.32. The van der Waals surface area contributed by atoms with Gasteiger partial charge in [-0.15, -0.1) is 0 Å². The first-order valence-corrected chi connectivity index (χ1v) is 13.6. The Morgan fingerprint density at radius 2 is 1.89 bits per heavy atom. The van der Waals surface area contributed by atoms with Crippen molar-refractivity contribution in [2.75, 3.05) is 18.0 Å². The van der Waals surface area contributed by atoms with E-state index in [2.05, 4.69) is 66.4 Å². The van der Waals surface area contributed by atoms with Crippen LogP contribution in [0.2, 0.25) is 0 Å². The Morgan fingerprint density at radius 3 is 2.53 bits per heavy atom. The second-order valence-corrected chi connectivity index (χ2v) is 11.4. The van der Waals surface area contributed by atoms with Gasteiger partial charge in [0.2, 0.25) is 5.91 Å². The third-order valence-electron chi connectivity index (χ3n) is 7.79. The molecule has 0 spiro atoms. The van der Waals surface area contributed by atoms with Crippen molar-refractivity contribution >= 4 is 11.6 Å². The van der Waals surface area contributed by atoms with Gasteiger partial charge in [-0.3, -0.25) is 9.78 Å². The monoisotopic (exact) mass is 487 g/mol. The molecule has 2 atom stereocenters. The molecule has 192 valence electrons. The SMILES string of the molecule is CC(C)(C)c1ccc(N(CC[C@@H]2CCCN2C#N)C(C(=O)NC2CCCCC2)c2cccnc2)cc1. The zero-order chi connectivity index (χ0) is 25.5. The number of likely N-dealkylation sites (tertiary alicyclic amines) is 1. The first kappa shape index (κ1) is 26.0. The fraction of sp³-hybridized carbons (Fsp3) is 0.567. The van der Waals surface area contributed by atoms with Crippen LogP contribution < -0.4 is 10.2 Å². The molecular formula is C30H41N5O. The predicted molar refractivity (Wildman–Crippen MR) is 144 cm³/mol. The van der Waals surface area contributed by atoms with Gasteiger partial charge < -0.3 is 15.1 Å². The molecule has 1 aromatic heterocycles. The zero-order valence-electron chi connectivity index (χ0n) is 22.1. The van der Waals surface area contributed by atoms with E-state index in [1.807, 2.05) is 23.2 Å². The van der Waals surface area contributed by atoms with Crippen LogP contribution in [0.4, 0.5) is 5.69 Å². The van der Waals surface area contributed by atoms with Gasteiger partial charge in [0.25, 0.3) is 0 Å². The summed E-state index contributed by atoms with van der Waals surface area (Å²) in [5.74, 6) is 0.0401. The van der Waals surface area contributed by atoms with E-state index >= 15 is 0 Å². The summed E-state index contributed by atoms with van der Waals surface area (Å²) in [6.45, 7) is 8.16. The number of amides is 1. The summed E-state index contributed by atoms with van der Waals surface area (Å²) in [6, 6.07) is 12.6. The lowest BCUT2D eigenvalue weighted by Crippen LogP contribution is -2.46. The molecule has 1 saturated carbocycles. The largest absolute Gasteiger partial charge is 0.356 e. The summed E-state index contributed by atoms with van der Waals surface area (Å²) >= 11 is 0. The van der Waals surface area contributed by atoms with Gasteiger partial charge >= 0.3 is 0 Å². The maximum atomic E-state index is 13.9. The van der Waals surface area contributed by atoms with Crippen LogP contribution in [0.15, 0.2) is 48.8 Å². The number of pyridine rings is 1. The van der Waals surface area contributed by atoms with E-state index in [1.165, 1.54) is 24.8 Å². The lowest BCUT2D eigenvalue weighted by Gasteiger charge is -2.36. The van der Waals surface area contributed by atoms with Gasteiger partial charge in [-0.2, -0.15) is 5.26 Å². The molecule has 1 aliphatic carbocycles. The number of hydrogen-bond donors (Lipinski definition) is 1. The number of nitrogens with zero attached hydrogens (tertiary/aromatic N) is 4. The summed E-state index contributed by atoms with van der Waals surface area (Å²) < 4.78 is 0. The lowest BCUT2D eigenvalue weighted by atomic mass is 9.87. The van der Waals surface area contributed by atoms with Crippen LogP contribution >= 0.6 is 0 Å². The zero-order valence-corrected chi connectivity index (χ0v) is 22.1. The molecular weight excluding hydrogens is 446 g/mol. The molecule has 36 heavy (non-hydrogen) atoms. The number of nitrogens with one attached hydrogen (secondary N) is 1. The fourth-order valence-corrected chi connectivity index (χ4v) is 5.65. The predicted octanol–water partition coefficient (Wildman–Crippen LogP) is 5.71. The molecule has 1 saturated heterocycles. The fourth-order valence-electron chi connectivity index (χ4n) is 5.65. The standard InChI is InChI=1S/C30H41N5O/c1-30(2,3)24-13-15-27(16-14-24)35(20-17-26-12-8-19-34(26)22-31)28(23-9-7-18-32-21-23)29(36)33-25-10-5-4-6-11-25/h7,9,13-16,18,21,25-26,28H,4-6,8,10-12,17,19-20H2,1-3H3,(H,33,36)/t26-,28?/m0/s1. The van der Waals surface area contributed by atoms with E-state index in [1.54, 1.807) is 6.20 Å². The van der Waals surface area contributed by atoms with Crippen molar-refractivity contribution < 1.29 is 4.79 Å². The van der Waals surface area contributed by atoms with Crippen LogP contribution in [0.1, 0.15) is 89.3 Å². The molecule has 1 amide bonds. The molecule has 2 fully saturated rings. The van der Waals surface area contributed by atoms with Gasteiger partial charge in [-0.1, -0.05) is 58.2 Å². The highest BCUT2D eigenvalue weighted by atomic mass is 16.2. The Labute approximate surface area is 216 Å². The number of aromatic nitrogens is 1. The van der Waals surface area contributed by atoms with Gasteiger partial charge in [-0.05, 0) is 61.3 Å². The second-order valence-electron chi connectivity index (χ2n) is 11.4. The molecule has 2 aromatic rings. The molecule has 6 heteroatoms. The van der Waals surface area contributed by atoms with Gasteiger partial charge in [0, 0.05) is 48.8 Å². The van der Waals surface area contributed by atoms with E-state index in [9.17, 15) is 10.1 Å². The molecule has 1 unspecified atom stereocenters. The van der Waals surface area contributed by atoms with Gasteiger partial charge in [0.15, 0.2) is 6.19 Å². The molecule has 1 aromatic carbocycles. The first-order valence-electron chi connectivity index (χ1n) is 13.6. The maximum absolute atomic E-state index is 13.9. The average Bonchev–Trinajstić information content (AvgIpc) is 3.35. The van der Waals surface area contributed by atoms with E-state index in [-0.39, 0.29) is 23.4 Å². The molecule has 1 aliphatic heterocycles. The van der Waals surface area contributed by atoms with Crippen molar-refractivity contribution in [3.05, 3.63) is 59.9 Å². The number of anilines is 1. The third kappa shape index (κ3) is 6.37. The highest BCUT2D eigenvalue weighted by molar-refractivity contribution is 5.87. The number of rotatable bonds is 8. The van der Waals surface area contributed by atoms with Crippen LogP contribution in [0.5, 0.6) is 0 Å². The summed E-state index contributed by atoms with van der Waals surface area (Å²) in [5.41, 5.74) is 3.25. The minimum Gasteiger partial charge on any atom is -0.356 e. The average molecular weight is 488 g/mol. The van der Waals surface area contributed by atoms with E-state index in [4.69, 9.17) is 0 Å². The Bertz CT molecular complexity index is 1020. The Morgan fingerprint density at radius 1 is 1.14 bits per heavy atom. The Balaban J connectivity index is 1.66. The quantitative estimate of drug-likeness (QED) is 0.483. The number of benzene rings is 1. The van der Waals surface area contributed by atoms with E-state index in [0.29, 0.717) is 6.54 Å². The number of nitriles is 1. The van der Waals surface area contributed by atoms with Crippen molar-refractivity contribution in [2.45, 2.75) is 95.7 Å². The third-order valence-corrected chi connectivity index (χ3v) is 7.79. The number of hydrogen-bond acceptors (Lipinski definition) is 5. The summed E-state index contributed by atoms with van der Waals surface area (Å²) in [6.07, 6.45) is 14.5. The second kappa shape index (κ2) is 11.8. The number of carbonyl (C=O) groups excluding carboxylic acids is 1. The van der Waals surface area contributed by atoms with Crippen LogP contribution in [0.3, 0.4) is 0 Å². The van der Waals surface area contributed by atoms with Crippen molar-refractivity contribution in [1.82, 2.24) is 15.2 Å². The Hall–Kier alpha value is -3.07. The van der Waals surface area contributed by atoms with Gasteiger partial charge in [0.05, 0.1) is 0 Å². The van der Waals surface area contributed by atoms with E-state index < -0.39 is 6.04 Å². The minimum absolute atomic E-state index is 0.0401. The molecule has 4 rings (SSSR count). The minimum atomic E-state index is -0.474. The van der Waals surface area contributed by atoms with Crippen LogP contribution in [0.25, 0.3) is 0 Å². The van der Waals surface area contributed by atoms with Crippen molar-refractivity contribution in [2.24, 2.45) is 0 Å². The molecule has 0 radical (unpaired) electrons. The van der Waals surface area contributed by atoms with Crippen molar-refractivity contribution in [1.29, 1.82) is 5.26 Å². The van der Waals surface area contributed by atoms with Gasteiger partial charge in [0.1, 0.15) is 6.04 Å². The molecule has 2 heterocycles. The Kier molecular flexibility index (Phi) is 8.51. The molecule has 6 nitrogen and oxygen atoms in total. The highest BCUT2D eigenvalue weighted by Crippen LogP contribution is 2.32. The van der Waals surface area contributed by atoms with Gasteiger partial charge in [-0.25, -0.2) is 0 Å². The molecule has 2 aliphatic rings.